The molecule has 1 saturated carbocycles. The molecule has 92 valence electrons. The Balaban J connectivity index is 2.28. The smallest absolute Gasteiger partial charge is 0.349 e. The Morgan fingerprint density at radius 1 is 1.29 bits per heavy atom. The molecule has 0 atom stereocenters. The number of nitrogens with one attached hydrogen (secondary N) is 1. The molecular formula is C11H9F4NO. The van der Waals surface area contributed by atoms with E-state index in [1.165, 1.54) is 0 Å². The first-order valence-corrected chi connectivity index (χ1v) is 5.05. The predicted molar refractivity (Wildman–Crippen MR) is 51.9 cm³/mol. The summed E-state index contributed by atoms with van der Waals surface area (Å²) < 4.78 is 50.4. The van der Waals surface area contributed by atoms with Crippen LogP contribution in [-0.2, 0) is 6.18 Å². The van der Waals surface area contributed by atoms with Gasteiger partial charge in [-0.15, -0.1) is 0 Å². The molecule has 0 radical (unpaired) electrons. The summed E-state index contributed by atoms with van der Waals surface area (Å²) in [5.74, 6) is -1.74. The van der Waals surface area contributed by atoms with Crippen LogP contribution in [0.1, 0.15) is 28.8 Å². The van der Waals surface area contributed by atoms with E-state index in [-0.39, 0.29) is 6.04 Å². The molecule has 1 amide bonds. The number of carbonyl (C=O) groups is 1. The summed E-state index contributed by atoms with van der Waals surface area (Å²) in [6, 6.07) is 1.78. The third kappa shape index (κ3) is 2.75. The molecule has 0 aromatic heterocycles. The second-order valence-corrected chi connectivity index (χ2v) is 3.94. The number of alkyl halides is 3. The minimum absolute atomic E-state index is 0.0311. The summed E-state index contributed by atoms with van der Waals surface area (Å²) in [6.07, 6.45) is -3.01. The van der Waals surface area contributed by atoms with E-state index < -0.39 is 29.0 Å². The van der Waals surface area contributed by atoms with Gasteiger partial charge in [0.05, 0.1) is 11.1 Å². The Morgan fingerprint density at radius 3 is 2.47 bits per heavy atom. The van der Waals surface area contributed by atoms with Gasteiger partial charge in [-0.05, 0) is 31.0 Å². The average molecular weight is 247 g/mol. The highest BCUT2D eigenvalue weighted by molar-refractivity contribution is 5.95. The summed E-state index contributed by atoms with van der Waals surface area (Å²) in [4.78, 5) is 11.5. The molecule has 1 fully saturated rings. The number of rotatable bonds is 2. The van der Waals surface area contributed by atoms with E-state index in [4.69, 9.17) is 0 Å². The van der Waals surface area contributed by atoms with Crippen LogP contribution in [0.3, 0.4) is 0 Å². The second-order valence-electron chi connectivity index (χ2n) is 3.94. The lowest BCUT2D eigenvalue weighted by Gasteiger charge is -2.09. The summed E-state index contributed by atoms with van der Waals surface area (Å²) in [7, 11) is 0. The van der Waals surface area contributed by atoms with Crippen molar-refractivity contribution in [3.8, 4) is 0 Å². The van der Waals surface area contributed by atoms with E-state index in [0.717, 1.165) is 12.8 Å². The van der Waals surface area contributed by atoms with Crippen molar-refractivity contribution in [1.82, 2.24) is 5.32 Å². The standard InChI is InChI=1S/C11H9F4NO/c12-9-4-1-6(11(13,14)15)5-8(9)10(17)16-7-2-3-7/h1,4-5,7H,2-3H2,(H,16,17). The molecule has 17 heavy (non-hydrogen) atoms. The third-order valence-corrected chi connectivity index (χ3v) is 2.45. The molecule has 1 aromatic carbocycles. The maximum Gasteiger partial charge on any atom is 0.416 e. The Morgan fingerprint density at radius 2 is 1.94 bits per heavy atom. The normalized spacial score (nSPS) is 15.8. The molecular weight excluding hydrogens is 238 g/mol. The highest BCUT2D eigenvalue weighted by atomic mass is 19.4. The second kappa shape index (κ2) is 4.01. The fourth-order valence-electron chi connectivity index (χ4n) is 1.37. The van der Waals surface area contributed by atoms with Crippen molar-refractivity contribution in [3.05, 3.63) is 35.1 Å². The minimum Gasteiger partial charge on any atom is -0.349 e. The van der Waals surface area contributed by atoms with Gasteiger partial charge in [0.25, 0.3) is 5.91 Å². The minimum atomic E-state index is -4.58. The summed E-state index contributed by atoms with van der Waals surface area (Å²) in [6.45, 7) is 0. The largest absolute Gasteiger partial charge is 0.416 e. The molecule has 2 rings (SSSR count). The van der Waals surface area contributed by atoms with Crippen LogP contribution in [0.4, 0.5) is 17.6 Å². The van der Waals surface area contributed by atoms with Gasteiger partial charge < -0.3 is 5.32 Å². The van der Waals surface area contributed by atoms with E-state index >= 15 is 0 Å². The zero-order valence-corrected chi connectivity index (χ0v) is 8.64. The first kappa shape index (κ1) is 11.9. The van der Waals surface area contributed by atoms with Crippen molar-refractivity contribution in [2.24, 2.45) is 0 Å². The maximum atomic E-state index is 13.3. The van der Waals surface area contributed by atoms with E-state index in [1.54, 1.807) is 0 Å². The number of halogens is 4. The topological polar surface area (TPSA) is 29.1 Å². The van der Waals surface area contributed by atoms with Gasteiger partial charge in [0.1, 0.15) is 5.82 Å². The monoisotopic (exact) mass is 247 g/mol. The zero-order valence-electron chi connectivity index (χ0n) is 8.64. The molecule has 0 bridgehead atoms. The summed E-state index contributed by atoms with van der Waals surface area (Å²) >= 11 is 0. The first-order valence-electron chi connectivity index (χ1n) is 5.05. The molecule has 1 aromatic rings. The summed E-state index contributed by atoms with van der Waals surface area (Å²) in [5.41, 5.74) is -1.59. The van der Waals surface area contributed by atoms with Gasteiger partial charge in [0, 0.05) is 6.04 Å². The lowest BCUT2D eigenvalue weighted by Crippen LogP contribution is -2.26. The van der Waals surface area contributed by atoms with Crippen molar-refractivity contribution in [2.45, 2.75) is 25.1 Å². The van der Waals surface area contributed by atoms with Gasteiger partial charge in [0.2, 0.25) is 0 Å². The summed E-state index contributed by atoms with van der Waals surface area (Å²) in [5, 5.41) is 2.44. The van der Waals surface area contributed by atoms with E-state index in [0.29, 0.717) is 18.2 Å². The molecule has 2 nitrogen and oxygen atoms in total. The molecule has 0 unspecified atom stereocenters. The van der Waals surface area contributed by atoms with Crippen LogP contribution in [0.15, 0.2) is 18.2 Å². The van der Waals surface area contributed by atoms with Gasteiger partial charge >= 0.3 is 6.18 Å². The van der Waals surface area contributed by atoms with Gasteiger partial charge in [-0.1, -0.05) is 0 Å². The van der Waals surface area contributed by atoms with Gasteiger partial charge in [-0.3, -0.25) is 4.79 Å². The van der Waals surface area contributed by atoms with Crippen LogP contribution in [0.25, 0.3) is 0 Å². The van der Waals surface area contributed by atoms with Crippen molar-refractivity contribution >= 4 is 5.91 Å². The molecule has 1 aliphatic carbocycles. The lowest BCUT2D eigenvalue weighted by atomic mass is 10.1. The van der Waals surface area contributed by atoms with Crippen LogP contribution in [0.5, 0.6) is 0 Å². The molecule has 0 spiro atoms. The van der Waals surface area contributed by atoms with Gasteiger partial charge in [-0.25, -0.2) is 4.39 Å². The van der Waals surface area contributed by atoms with Crippen molar-refractivity contribution in [2.75, 3.05) is 0 Å². The van der Waals surface area contributed by atoms with Crippen molar-refractivity contribution in [1.29, 1.82) is 0 Å². The molecule has 6 heteroatoms. The molecule has 1 N–H and O–H groups in total. The van der Waals surface area contributed by atoms with E-state index in [2.05, 4.69) is 5.32 Å². The van der Waals surface area contributed by atoms with Crippen LogP contribution in [0, 0.1) is 5.82 Å². The quantitative estimate of drug-likeness (QED) is 0.800. The van der Waals surface area contributed by atoms with Crippen LogP contribution >= 0.6 is 0 Å². The lowest BCUT2D eigenvalue weighted by molar-refractivity contribution is -0.137. The van der Waals surface area contributed by atoms with Crippen molar-refractivity contribution < 1.29 is 22.4 Å². The average Bonchev–Trinajstić information content (AvgIpc) is 3.00. The van der Waals surface area contributed by atoms with Crippen LogP contribution in [-0.4, -0.2) is 11.9 Å². The van der Waals surface area contributed by atoms with E-state index in [9.17, 15) is 22.4 Å². The molecule has 0 heterocycles. The SMILES string of the molecule is O=C(NC1CC1)c1cc(C(F)(F)F)ccc1F. The van der Waals surface area contributed by atoms with Crippen molar-refractivity contribution in [3.63, 3.8) is 0 Å². The number of amides is 1. The highest BCUT2D eigenvalue weighted by Gasteiger charge is 2.32. The highest BCUT2D eigenvalue weighted by Crippen LogP contribution is 2.30. The maximum absolute atomic E-state index is 13.3. The fraction of sp³-hybridized carbons (Fsp3) is 0.364. The van der Waals surface area contributed by atoms with Crippen LogP contribution in [0.2, 0.25) is 0 Å². The third-order valence-electron chi connectivity index (χ3n) is 2.45. The Labute approximate surface area is 94.6 Å². The predicted octanol–water partition coefficient (Wildman–Crippen LogP) is 2.74. The number of benzene rings is 1. The molecule has 0 aliphatic heterocycles. The van der Waals surface area contributed by atoms with Gasteiger partial charge in [0.15, 0.2) is 0 Å². The fourth-order valence-corrected chi connectivity index (χ4v) is 1.37. The molecule has 1 aliphatic rings. The first-order chi connectivity index (χ1) is 7.88. The Hall–Kier alpha value is -1.59. The van der Waals surface area contributed by atoms with E-state index in [1.807, 2.05) is 0 Å². The number of carbonyl (C=O) groups excluding carboxylic acids is 1. The number of hydrogen-bond donors (Lipinski definition) is 1. The van der Waals surface area contributed by atoms with Crippen LogP contribution < -0.4 is 5.32 Å². The number of hydrogen-bond acceptors (Lipinski definition) is 1. The zero-order chi connectivity index (χ0) is 12.6. The Bertz CT molecular complexity index is 451. The van der Waals surface area contributed by atoms with Gasteiger partial charge in [-0.2, -0.15) is 13.2 Å². The Kier molecular flexibility index (Phi) is 2.81. The molecule has 0 saturated heterocycles.